The molecule has 32 heteroatoms. The quantitative estimate of drug-likeness (QED) is 0.134. The van der Waals surface area contributed by atoms with Gasteiger partial charge in [0, 0.05) is 60.7 Å². The number of aryl methyl sites for hydroxylation is 6. The van der Waals surface area contributed by atoms with Gasteiger partial charge < -0.3 is 0 Å². The summed E-state index contributed by atoms with van der Waals surface area (Å²) >= 11 is 0. The number of halogens is 9. The van der Waals surface area contributed by atoms with E-state index in [0.29, 0.717) is 40.1 Å². The third-order valence-corrected chi connectivity index (χ3v) is 16.8. The van der Waals surface area contributed by atoms with Crippen molar-refractivity contribution < 1.29 is 66.9 Å². The Morgan fingerprint density at radius 3 is 1.30 bits per heavy atom. The van der Waals surface area contributed by atoms with Crippen LogP contribution in [0.5, 0.6) is 0 Å². The lowest BCUT2D eigenvalue weighted by molar-refractivity contribution is -0.991. The molecule has 0 aromatic carbocycles. The highest BCUT2D eigenvalue weighted by atomic mass is 19.4. The van der Waals surface area contributed by atoms with E-state index in [0.717, 1.165) is 50.9 Å². The molecule has 0 amide bonds. The van der Waals surface area contributed by atoms with Crippen molar-refractivity contribution in [3.63, 3.8) is 0 Å². The van der Waals surface area contributed by atoms with E-state index in [9.17, 15) is 39.5 Å². The van der Waals surface area contributed by atoms with Crippen molar-refractivity contribution >= 4 is 0 Å². The van der Waals surface area contributed by atoms with Crippen molar-refractivity contribution in [2.75, 3.05) is 0 Å². The van der Waals surface area contributed by atoms with Crippen LogP contribution in [0.3, 0.4) is 0 Å². The fraction of sp³-hybridized carbons (Fsp3) is 0.271. The molecular weight excluding hydrogens is 1200 g/mol. The fourth-order valence-corrected chi connectivity index (χ4v) is 13.1. The molecule has 0 aliphatic carbocycles. The Morgan fingerprint density at radius 2 is 0.791 bits per heavy atom. The number of hydrogen-bond donors (Lipinski definition) is 0. The minimum atomic E-state index is -4.69. The Morgan fingerprint density at radius 1 is 0.374 bits per heavy atom. The summed E-state index contributed by atoms with van der Waals surface area (Å²) in [5.74, 6) is -6.24. The average molecular weight is 1250 g/mol. The summed E-state index contributed by atoms with van der Waals surface area (Å²) in [5, 5.41) is 25.7. The van der Waals surface area contributed by atoms with E-state index in [1.807, 2.05) is 144 Å². The highest BCUT2D eigenvalue weighted by Crippen LogP contribution is 2.43. The molecule has 6 aliphatic rings. The predicted octanol–water partition coefficient (Wildman–Crippen LogP) is 5.66. The van der Waals surface area contributed by atoms with Crippen LogP contribution in [0.15, 0.2) is 128 Å². The van der Waals surface area contributed by atoms with Crippen molar-refractivity contribution in [1.29, 1.82) is 0 Å². The van der Waals surface area contributed by atoms with E-state index >= 15 is 0 Å². The third kappa shape index (κ3) is 7.24. The molecular formula is C59H48F9N23+6. The van der Waals surface area contributed by atoms with Crippen molar-refractivity contribution in [3.05, 3.63) is 185 Å². The van der Waals surface area contributed by atoms with Crippen molar-refractivity contribution in [2.45, 2.75) is 104 Å². The number of rotatable bonds is 0. The van der Waals surface area contributed by atoms with E-state index in [1.165, 1.54) is 20.2 Å². The van der Waals surface area contributed by atoms with Gasteiger partial charge in [-0.05, 0) is 87.9 Å². The van der Waals surface area contributed by atoms with Crippen LogP contribution in [0.2, 0.25) is 0 Å². The third-order valence-electron chi connectivity index (χ3n) is 16.8. The molecule has 0 radical (unpaired) electrons. The standard InChI is InChI=1S/C23H22F3N7.C19H14F3N7.C17H12F3N9/c1-13-6-8-31-18(10-13)19-27-20(22(24,25)26)29-33(19)23(31)30-9-7-15(21(3,4)5)12-16(30)17-11-14(2)28-32(17)23;1-11-6-8-27-15(9-11)16-23-17(18(20,21)22)25-29(16)19(27)26-7-4-3-5-13(26)14-10-12(2)24-28(14)19;1-9-8-27-12(7-21-9)14-23-15(16(18,19)20)25-29(14)17(27)26-6-4-3-5-11(26)13-22-10(2)24-28(13)17/h6-12H,1-5H3;3-10H,1-2H3;3-8H,1-2H3/q3*+2. The minimum Gasteiger partial charge on any atom is -0.248 e. The summed E-state index contributed by atoms with van der Waals surface area (Å²) in [5.41, 5.74) is 10.4. The fourth-order valence-electron chi connectivity index (χ4n) is 13.1. The molecule has 23 nitrogen and oxygen atoms in total. The first kappa shape index (κ1) is 55.5. The summed E-state index contributed by atoms with van der Waals surface area (Å²) in [7, 11) is 0. The molecule has 18 heterocycles. The zero-order valence-electron chi connectivity index (χ0n) is 49.3. The number of hydrogen-bond acceptors (Lipinski definition) is 11. The zero-order valence-corrected chi connectivity index (χ0v) is 49.3. The molecule has 0 fully saturated rings. The number of fused-ring (bicyclic) bond motifs is 30. The minimum absolute atomic E-state index is 0.0492. The Balaban J connectivity index is 0.000000109. The van der Waals surface area contributed by atoms with Crippen LogP contribution in [0.1, 0.15) is 77.8 Å². The monoisotopic (exact) mass is 1250 g/mol. The van der Waals surface area contributed by atoms with Crippen molar-refractivity contribution in [3.8, 4) is 68.8 Å². The lowest BCUT2D eigenvalue weighted by atomic mass is 9.87. The second-order valence-corrected chi connectivity index (χ2v) is 23.9. The molecule has 456 valence electrons. The van der Waals surface area contributed by atoms with Crippen LogP contribution in [0.25, 0.3) is 68.8 Å². The maximum absolute atomic E-state index is 13.7. The summed E-state index contributed by atoms with van der Waals surface area (Å²) in [4.78, 5) is 20.3. The molecule has 3 unspecified atom stereocenters. The Hall–Kier alpha value is -10.8. The second kappa shape index (κ2) is 17.7. The lowest BCUT2D eigenvalue weighted by Gasteiger charge is -2.19. The van der Waals surface area contributed by atoms with E-state index in [-0.39, 0.29) is 22.9 Å². The molecule has 12 aromatic heterocycles. The van der Waals surface area contributed by atoms with Crippen LogP contribution < -0.4 is 27.4 Å². The van der Waals surface area contributed by atoms with Gasteiger partial charge in [-0.25, -0.2) is 9.97 Å². The van der Waals surface area contributed by atoms with E-state index in [2.05, 4.69) is 77.3 Å². The number of aromatic nitrogens is 23. The smallest absolute Gasteiger partial charge is 0.248 e. The van der Waals surface area contributed by atoms with Gasteiger partial charge >= 0.3 is 36.3 Å². The van der Waals surface area contributed by atoms with Gasteiger partial charge in [0.15, 0.2) is 31.0 Å². The first-order valence-electron chi connectivity index (χ1n) is 28.3. The van der Waals surface area contributed by atoms with Gasteiger partial charge in [0.1, 0.15) is 29.1 Å². The van der Waals surface area contributed by atoms with Crippen LogP contribution in [-0.4, -0.2) is 83.6 Å². The van der Waals surface area contributed by atoms with Crippen molar-refractivity contribution in [1.82, 2.24) is 83.6 Å². The van der Waals surface area contributed by atoms with E-state index in [4.69, 9.17) is 5.10 Å². The highest BCUT2D eigenvalue weighted by molar-refractivity contribution is 5.59. The van der Waals surface area contributed by atoms with Crippen molar-refractivity contribution in [2.24, 2.45) is 0 Å². The molecule has 0 saturated heterocycles. The van der Waals surface area contributed by atoms with Gasteiger partial charge in [0.2, 0.25) is 40.9 Å². The Labute approximate surface area is 507 Å². The molecule has 18 rings (SSSR count). The molecule has 3 spiro atoms. The highest BCUT2D eigenvalue weighted by Gasteiger charge is 2.74. The van der Waals surface area contributed by atoms with Crippen LogP contribution in [0.4, 0.5) is 39.5 Å². The number of nitrogens with zero attached hydrogens (tertiary/aromatic N) is 23. The van der Waals surface area contributed by atoms with E-state index in [1.54, 1.807) is 55.5 Å². The van der Waals surface area contributed by atoms with Gasteiger partial charge in [-0.1, -0.05) is 66.9 Å². The van der Waals surface area contributed by atoms with Gasteiger partial charge in [-0.15, -0.1) is 29.8 Å². The Kier molecular flexibility index (Phi) is 10.8. The van der Waals surface area contributed by atoms with Gasteiger partial charge in [-0.2, -0.15) is 64.7 Å². The second-order valence-electron chi connectivity index (χ2n) is 23.9. The maximum Gasteiger partial charge on any atom is 0.586 e. The first-order valence-corrected chi connectivity index (χ1v) is 28.3. The lowest BCUT2D eigenvalue weighted by Crippen LogP contribution is -2.77. The normalized spacial score (nSPS) is 18.6. The van der Waals surface area contributed by atoms with Gasteiger partial charge in [0.25, 0.3) is 40.2 Å². The Bertz CT molecular complexity index is 5150. The molecule has 0 N–H and O–H groups in total. The topological polar surface area (TPSA) is 195 Å². The van der Waals surface area contributed by atoms with Crippen LogP contribution >= 0.6 is 0 Å². The summed E-state index contributed by atoms with van der Waals surface area (Å²) in [6.07, 6.45) is -1.59. The summed E-state index contributed by atoms with van der Waals surface area (Å²) < 4.78 is 142. The summed E-state index contributed by atoms with van der Waals surface area (Å²) in [6.45, 7) is 17.4. The largest absolute Gasteiger partial charge is 0.586 e. The molecule has 12 aromatic rings. The summed E-state index contributed by atoms with van der Waals surface area (Å²) in [6, 6.07) is 26.5. The molecule has 0 bridgehead atoms. The van der Waals surface area contributed by atoms with Gasteiger partial charge in [0.05, 0.1) is 11.4 Å². The number of pyridine rings is 5. The van der Waals surface area contributed by atoms with Crippen LogP contribution in [-0.2, 0) is 41.7 Å². The SMILES string of the molecule is Cc1c[n+]2c(cn1)-c1nc(C(F)(F)F)nn1C21n2nc(C)nc2-c2cccc[n+]21.Cc1cc[n+]2c(c1)-c1nc(C(F)(F)F)nn1C21n2nc(C)cc2-c2cc(C(C)(C)C)cc[n+]21.Cc1cc[n+]2c(c1)-c1nc(C(F)(F)F)nn1C21n2nc(C)cc2-c2cccc[n+]21. The van der Waals surface area contributed by atoms with Crippen LogP contribution in [0, 0.1) is 41.5 Å². The first-order chi connectivity index (χ1) is 43.0. The number of alkyl halides is 9. The van der Waals surface area contributed by atoms with Gasteiger partial charge in [-0.3, -0.25) is 0 Å². The maximum atomic E-state index is 13.7. The molecule has 3 atom stereocenters. The zero-order chi connectivity index (χ0) is 63.8. The molecule has 6 aliphatic heterocycles. The predicted molar refractivity (Wildman–Crippen MR) is 291 cm³/mol. The average Bonchev–Trinajstić information content (AvgIpc) is 1.52. The van der Waals surface area contributed by atoms with E-state index < -0.39 is 53.7 Å². The molecule has 0 saturated carbocycles. The molecule has 91 heavy (non-hydrogen) atoms.